The average Bonchev–Trinajstić information content (AvgIpc) is 2.95. The second-order valence-electron chi connectivity index (χ2n) is 9.40. The first kappa shape index (κ1) is 27.7. The number of halogens is 5. The van der Waals surface area contributed by atoms with E-state index in [9.17, 15) is 31.5 Å². The molecule has 0 radical (unpaired) electrons. The summed E-state index contributed by atoms with van der Waals surface area (Å²) >= 11 is 0. The van der Waals surface area contributed by atoms with Gasteiger partial charge in [-0.2, -0.15) is 0 Å². The number of amides is 1. The summed E-state index contributed by atoms with van der Waals surface area (Å²) in [6.07, 6.45) is 4.94. The molecule has 0 aromatic heterocycles. The zero-order chi connectivity index (χ0) is 27.2. The molecule has 1 aliphatic carbocycles. The first-order valence-electron chi connectivity index (χ1n) is 12.5. The summed E-state index contributed by atoms with van der Waals surface area (Å²) in [5.41, 5.74) is -1.06. The van der Waals surface area contributed by atoms with Gasteiger partial charge in [-0.3, -0.25) is 4.79 Å². The summed E-state index contributed by atoms with van der Waals surface area (Å²) in [6.45, 7) is 1.36. The molecular formula is C27H27F5N2O4. The number of ether oxygens (including phenoxy) is 1. The van der Waals surface area contributed by atoms with Crippen LogP contribution in [0.25, 0.3) is 0 Å². The van der Waals surface area contributed by atoms with Gasteiger partial charge in [0.1, 0.15) is 11.5 Å². The number of rotatable bonds is 7. The molecule has 1 heterocycles. The number of carbonyl (C=O) groups is 2. The van der Waals surface area contributed by atoms with Crippen molar-refractivity contribution in [1.82, 2.24) is 4.90 Å². The van der Waals surface area contributed by atoms with Crippen LogP contribution in [0.1, 0.15) is 60.4 Å². The van der Waals surface area contributed by atoms with Crippen molar-refractivity contribution in [2.24, 2.45) is 11.1 Å². The van der Waals surface area contributed by atoms with Crippen LogP contribution in [0.5, 0.6) is 0 Å². The summed E-state index contributed by atoms with van der Waals surface area (Å²) in [6, 6.07) is 8.65. The lowest BCUT2D eigenvalue weighted by Gasteiger charge is -2.32. The van der Waals surface area contributed by atoms with Crippen molar-refractivity contribution in [1.29, 1.82) is 0 Å². The highest BCUT2D eigenvalue weighted by Gasteiger charge is 2.35. The quantitative estimate of drug-likeness (QED) is 0.117. The van der Waals surface area contributed by atoms with Crippen LogP contribution in [-0.4, -0.2) is 48.8 Å². The van der Waals surface area contributed by atoms with E-state index in [1.807, 2.05) is 0 Å². The summed E-state index contributed by atoms with van der Waals surface area (Å²) in [5.74, 6) is -14.6. The van der Waals surface area contributed by atoms with Crippen molar-refractivity contribution in [3.05, 3.63) is 70.5 Å². The first-order valence-corrected chi connectivity index (χ1v) is 12.5. The van der Waals surface area contributed by atoms with Crippen molar-refractivity contribution in [2.75, 3.05) is 26.3 Å². The van der Waals surface area contributed by atoms with E-state index in [4.69, 9.17) is 9.57 Å². The smallest absolute Gasteiger partial charge is 0.371 e. The Balaban J connectivity index is 1.72. The Kier molecular flexibility index (Phi) is 9.09. The molecule has 0 spiro atoms. The molecule has 2 fully saturated rings. The summed E-state index contributed by atoms with van der Waals surface area (Å²) in [4.78, 5) is 32.7. The predicted molar refractivity (Wildman–Crippen MR) is 127 cm³/mol. The van der Waals surface area contributed by atoms with Gasteiger partial charge < -0.3 is 14.5 Å². The van der Waals surface area contributed by atoms with Gasteiger partial charge in [-0.25, -0.2) is 26.7 Å². The van der Waals surface area contributed by atoms with Gasteiger partial charge in [-0.05, 0) is 17.9 Å². The van der Waals surface area contributed by atoms with Crippen LogP contribution in [0.15, 0.2) is 35.5 Å². The molecule has 1 saturated carbocycles. The molecule has 204 valence electrons. The Labute approximate surface area is 216 Å². The molecule has 1 aliphatic heterocycles. The number of nitrogens with zero attached hydrogens (tertiary/aromatic N) is 2. The molecule has 1 unspecified atom stereocenters. The fourth-order valence-corrected chi connectivity index (χ4v) is 4.91. The highest BCUT2D eigenvalue weighted by Crippen LogP contribution is 2.32. The van der Waals surface area contributed by atoms with E-state index in [1.54, 1.807) is 35.2 Å². The van der Waals surface area contributed by atoms with Gasteiger partial charge in [0.15, 0.2) is 23.3 Å². The molecule has 1 atom stereocenters. The van der Waals surface area contributed by atoms with E-state index in [2.05, 4.69) is 5.16 Å². The van der Waals surface area contributed by atoms with Gasteiger partial charge in [0.25, 0.3) is 0 Å². The fourth-order valence-electron chi connectivity index (χ4n) is 4.91. The van der Waals surface area contributed by atoms with E-state index in [1.165, 1.54) is 0 Å². The minimum absolute atomic E-state index is 0.110. The minimum atomic E-state index is -2.39. The highest BCUT2D eigenvalue weighted by molar-refractivity contribution is 6.09. The summed E-state index contributed by atoms with van der Waals surface area (Å²) in [7, 11) is 0. The molecule has 4 rings (SSSR count). The second kappa shape index (κ2) is 12.5. The largest absolute Gasteiger partial charge is 0.378 e. The zero-order valence-corrected chi connectivity index (χ0v) is 20.5. The Morgan fingerprint density at radius 1 is 0.895 bits per heavy atom. The molecular weight excluding hydrogens is 511 g/mol. The molecule has 6 nitrogen and oxygen atoms in total. The van der Waals surface area contributed by atoms with Crippen molar-refractivity contribution >= 4 is 17.6 Å². The van der Waals surface area contributed by atoms with E-state index in [-0.39, 0.29) is 24.0 Å². The van der Waals surface area contributed by atoms with Crippen LogP contribution < -0.4 is 0 Å². The molecule has 2 aliphatic rings. The van der Waals surface area contributed by atoms with E-state index >= 15 is 0 Å². The highest BCUT2D eigenvalue weighted by atomic mass is 19.2. The van der Waals surface area contributed by atoms with Gasteiger partial charge >= 0.3 is 5.97 Å². The maximum absolute atomic E-state index is 14.2. The minimum Gasteiger partial charge on any atom is -0.378 e. The van der Waals surface area contributed by atoms with Crippen molar-refractivity contribution in [3.63, 3.8) is 0 Å². The average molecular weight is 539 g/mol. The van der Waals surface area contributed by atoms with Gasteiger partial charge in [0, 0.05) is 13.1 Å². The Morgan fingerprint density at radius 3 is 2.08 bits per heavy atom. The normalized spacial score (nSPS) is 17.8. The van der Waals surface area contributed by atoms with Crippen LogP contribution in [0.2, 0.25) is 0 Å². The standard InChI is InChI=1S/C27H27F5N2O4/c28-21-20(22(29)24(31)25(32)23(21)30)27(36)38-33-18(15-16-7-3-1-4-8-16)19(17-9-5-2-6-10-17)26(35)34-11-13-37-14-12-34/h2,5-6,9-10,16,19H,1,3-4,7-8,11-15H2/b33-18-. The van der Waals surface area contributed by atoms with E-state index < -0.39 is 46.5 Å². The molecule has 1 saturated heterocycles. The van der Waals surface area contributed by atoms with Crippen LogP contribution in [-0.2, 0) is 14.4 Å². The van der Waals surface area contributed by atoms with Crippen LogP contribution in [0, 0.1) is 35.0 Å². The van der Waals surface area contributed by atoms with Crippen LogP contribution in [0.4, 0.5) is 22.0 Å². The molecule has 2 aromatic rings. The van der Waals surface area contributed by atoms with Crippen molar-refractivity contribution in [3.8, 4) is 0 Å². The van der Waals surface area contributed by atoms with Crippen molar-refractivity contribution in [2.45, 2.75) is 44.4 Å². The molecule has 0 N–H and O–H groups in total. The number of hydrogen-bond acceptors (Lipinski definition) is 5. The number of carbonyl (C=O) groups excluding carboxylic acids is 2. The molecule has 38 heavy (non-hydrogen) atoms. The van der Waals surface area contributed by atoms with Gasteiger partial charge in [0.05, 0.1) is 18.9 Å². The second-order valence-corrected chi connectivity index (χ2v) is 9.40. The Morgan fingerprint density at radius 2 is 1.47 bits per heavy atom. The monoisotopic (exact) mass is 538 g/mol. The van der Waals surface area contributed by atoms with Gasteiger partial charge in [0.2, 0.25) is 11.7 Å². The lowest BCUT2D eigenvalue weighted by atomic mass is 9.81. The van der Waals surface area contributed by atoms with Crippen LogP contribution >= 0.6 is 0 Å². The molecule has 2 aromatic carbocycles. The van der Waals surface area contributed by atoms with Gasteiger partial charge in [-0.15, -0.1) is 0 Å². The van der Waals surface area contributed by atoms with Gasteiger partial charge in [-0.1, -0.05) is 67.6 Å². The third-order valence-electron chi connectivity index (χ3n) is 6.92. The number of oxime groups is 1. The maximum atomic E-state index is 14.2. The SMILES string of the molecule is O=C(O/N=C(/CC1CCCCC1)C(C(=O)N1CCOCC1)c1ccccc1)c1c(F)c(F)c(F)c(F)c1F. The first-order chi connectivity index (χ1) is 18.3. The summed E-state index contributed by atoms with van der Waals surface area (Å²) in [5, 5.41) is 3.87. The molecule has 0 bridgehead atoms. The predicted octanol–water partition coefficient (Wildman–Crippen LogP) is 5.51. The summed E-state index contributed by atoms with van der Waals surface area (Å²) < 4.78 is 74.5. The number of morpholine rings is 1. The lowest BCUT2D eigenvalue weighted by Crippen LogP contribution is -2.45. The maximum Gasteiger partial charge on any atom is 0.371 e. The van der Waals surface area contributed by atoms with E-state index in [0.717, 1.165) is 32.1 Å². The molecule has 11 heteroatoms. The van der Waals surface area contributed by atoms with Crippen LogP contribution in [0.3, 0.4) is 0 Å². The fraction of sp³-hybridized carbons (Fsp3) is 0.444. The third-order valence-corrected chi connectivity index (χ3v) is 6.92. The lowest BCUT2D eigenvalue weighted by molar-refractivity contribution is -0.135. The Bertz CT molecular complexity index is 1170. The Hall–Kier alpha value is -3.34. The zero-order valence-electron chi connectivity index (χ0n) is 20.5. The topological polar surface area (TPSA) is 68.2 Å². The number of hydrogen-bond donors (Lipinski definition) is 0. The third kappa shape index (κ3) is 6.03. The number of benzene rings is 2. The van der Waals surface area contributed by atoms with Crippen molar-refractivity contribution < 1.29 is 41.1 Å². The van der Waals surface area contributed by atoms with E-state index in [0.29, 0.717) is 31.9 Å². The molecule has 1 amide bonds.